The van der Waals surface area contributed by atoms with Crippen LogP contribution in [-0.4, -0.2) is 91.6 Å². The van der Waals surface area contributed by atoms with E-state index in [4.69, 9.17) is 9.47 Å². The molecule has 3 N–H and O–H groups in total. The normalized spacial score (nSPS) is 21.4. The van der Waals surface area contributed by atoms with Crippen LogP contribution < -0.4 is 16.0 Å². The minimum absolute atomic E-state index is 0.133. The fraction of sp³-hybridized carbons (Fsp3) is 0.667. The van der Waals surface area contributed by atoms with Gasteiger partial charge in [-0.2, -0.15) is 0 Å². The van der Waals surface area contributed by atoms with Crippen LogP contribution >= 0.6 is 0 Å². The van der Waals surface area contributed by atoms with Crippen molar-refractivity contribution in [2.24, 2.45) is 11.8 Å². The van der Waals surface area contributed by atoms with E-state index in [0.717, 1.165) is 5.56 Å². The molecule has 222 valence electrons. The Kier molecular flexibility index (Phi) is 11.7. The van der Waals surface area contributed by atoms with Gasteiger partial charge in [-0.15, -0.1) is 0 Å². The lowest BCUT2D eigenvalue weighted by atomic mass is 9.93. The number of ether oxygens (including phenoxy) is 2. The number of carbonyl (C=O) groups excluding carboxylic acids is 4. The molecule has 1 aromatic rings. The van der Waals surface area contributed by atoms with E-state index in [1.165, 1.54) is 0 Å². The molecule has 4 atom stereocenters. The summed E-state index contributed by atoms with van der Waals surface area (Å²) >= 11 is 0. The molecule has 2 aliphatic rings. The number of benzene rings is 1. The molecule has 2 fully saturated rings. The topological polar surface area (TPSA) is 129 Å². The van der Waals surface area contributed by atoms with E-state index in [-0.39, 0.29) is 36.5 Å². The van der Waals surface area contributed by atoms with Crippen LogP contribution in [0.1, 0.15) is 53.0 Å². The molecule has 3 amide bonds. The Hall–Kier alpha value is -2.82. The summed E-state index contributed by atoms with van der Waals surface area (Å²) in [7, 11) is 0. The first-order valence-electron chi connectivity index (χ1n) is 14.4. The lowest BCUT2D eigenvalue weighted by Gasteiger charge is -2.28. The number of epoxide rings is 1. The van der Waals surface area contributed by atoms with Crippen molar-refractivity contribution < 1.29 is 28.7 Å². The zero-order chi connectivity index (χ0) is 29.3. The van der Waals surface area contributed by atoms with E-state index in [2.05, 4.69) is 16.0 Å². The molecule has 2 aliphatic heterocycles. The first-order chi connectivity index (χ1) is 19.0. The average molecular weight is 559 g/mol. The molecule has 0 aliphatic carbocycles. The van der Waals surface area contributed by atoms with Gasteiger partial charge in [0.2, 0.25) is 17.7 Å². The second-order valence-corrected chi connectivity index (χ2v) is 12.0. The number of amides is 3. The van der Waals surface area contributed by atoms with Crippen molar-refractivity contribution in [2.75, 3.05) is 39.5 Å². The number of hydrogen-bond donors (Lipinski definition) is 3. The maximum absolute atomic E-state index is 13.6. The molecule has 10 nitrogen and oxygen atoms in total. The van der Waals surface area contributed by atoms with Gasteiger partial charge in [0.25, 0.3) is 0 Å². The van der Waals surface area contributed by atoms with Crippen LogP contribution in [0.25, 0.3) is 0 Å². The molecule has 2 unspecified atom stereocenters. The summed E-state index contributed by atoms with van der Waals surface area (Å²) in [5.74, 6) is -0.976. The van der Waals surface area contributed by atoms with Crippen LogP contribution in [0.2, 0.25) is 0 Å². The van der Waals surface area contributed by atoms with Crippen molar-refractivity contribution in [3.63, 3.8) is 0 Å². The Morgan fingerprint density at radius 1 is 0.850 bits per heavy atom. The molecule has 0 radical (unpaired) electrons. The molecule has 3 rings (SSSR count). The predicted molar refractivity (Wildman–Crippen MR) is 151 cm³/mol. The average Bonchev–Trinajstić information content (AvgIpc) is 3.66. The monoisotopic (exact) mass is 558 g/mol. The summed E-state index contributed by atoms with van der Waals surface area (Å²) < 4.78 is 10.7. The highest BCUT2D eigenvalue weighted by Crippen LogP contribution is 2.29. The van der Waals surface area contributed by atoms with Crippen LogP contribution in [0.4, 0.5) is 0 Å². The van der Waals surface area contributed by atoms with Gasteiger partial charge in [0.15, 0.2) is 5.78 Å². The largest absolute Gasteiger partial charge is 0.379 e. The minimum Gasteiger partial charge on any atom is -0.379 e. The van der Waals surface area contributed by atoms with Crippen LogP contribution in [0.3, 0.4) is 0 Å². The molecule has 0 spiro atoms. The Bertz CT molecular complexity index is 1000. The third-order valence-corrected chi connectivity index (χ3v) is 7.18. The number of rotatable bonds is 15. The maximum Gasteiger partial charge on any atom is 0.243 e. The molecule has 10 heteroatoms. The van der Waals surface area contributed by atoms with Gasteiger partial charge in [-0.25, -0.2) is 0 Å². The lowest BCUT2D eigenvalue weighted by Crippen LogP contribution is -2.58. The quantitative estimate of drug-likeness (QED) is 0.278. The Labute approximate surface area is 237 Å². The molecule has 0 bridgehead atoms. The van der Waals surface area contributed by atoms with Crippen LogP contribution in [0, 0.1) is 11.8 Å². The van der Waals surface area contributed by atoms with Crippen LogP contribution in [0.5, 0.6) is 0 Å². The summed E-state index contributed by atoms with van der Waals surface area (Å²) in [5.41, 5.74) is -0.0121. The molecule has 2 heterocycles. The second kappa shape index (κ2) is 14.7. The highest BCUT2D eigenvalue weighted by atomic mass is 16.6. The Morgan fingerprint density at radius 2 is 1.40 bits per heavy atom. The van der Waals surface area contributed by atoms with Crippen LogP contribution in [0.15, 0.2) is 30.3 Å². The molecular formula is C30H46N4O6. The second-order valence-electron chi connectivity index (χ2n) is 12.0. The zero-order valence-corrected chi connectivity index (χ0v) is 24.5. The standard InChI is InChI=1S/C30H46N4O6/c1-20(2)15-23(27(36)30(5)19-40-30)32-29(38)25(17-22-9-7-6-8-10-22)33-28(37)24(16-21(3)4)31-26(35)18-34-11-13-39-14-12-34/h6-10,20-21,23-25H,11-19H2,1-5H3,(H,31,35)(H,32,38)(H,33,37)/t23?,24-,25-,30?/m0/s1. The number of morpholine rings is 1. The SMILES string of the molecule is CC(C)CC(NC(=O)[C@H](Cc1ccccc1)NC(=O)[C@H](CC(C)C)NC(=O)CN1CCOCC1)C(=O)C1(C)CO1. The minimum atomic E-state index is -0.934. The van der Waals surface area contributed by atoms with Gasteiger partial charge in [0.1, 0.15) is 17.7 Å². The summed E-state index contributed by atoms with van der Waals surface area (Å²) in [6, 6.07) is 6.94. The molecule has 0 aromatic heterocycles. The molecular weight excluding hydrogens is 512 g/mol. The van der Waals surface area contributed by atoms with Crippen molar-refractivity contribution in [1.29, 1.82) is 0 Å². The number of hydrogen-bond acceptors (Lipinski definition) is 7. The fourth-order valence-corrected chi connectivity index (χ4v) is 4.83. The van der Waals surface area contributed by atoms with Gasteiger partial charge in [0, 0.05) is 19.5 Å². The highest BCUT2D eigenvalue weighted by Gasteiger charge is 2.50. The van der Waals surface area contributed by atoms with E-state index in [0.29, 0.717) is 45.8 Å². The highest BCUT2D eigenvalue weighted by molar-refractivity contribution is 5.98. The van der Waals surface area contributed by atoms with Crippen LogP contribution in [-0.2, 0) is 35.1 Å². The third kappa shape index (κ3) is 9.98. The van der Waals surface area contributed by atoms with E-state index in [9.17, 15) is 19.2 Å². The number of nitrogens with one attached hydrogen (secondary N) is 3. The third-order valence-electron chi connectivity index (χ3n) is 7.18. The molecule has 1 aromatic carbocycles. The lowest BCUT2D eigenvalue weighted by molar-refractivity contribution is -0.134. The number of ketones is 1. The summed E-state index contributed by atoms with van der Waals surface area (Å²) in [5, 5.41) is 8.68. The molecule has 2 saturated heterocycles. The van der Waals surface area contributed by atoms with Gasteiger partial charge < -0.3 is 25.4 Å². The van der Waals surface area contributed by atoms with Gasteiger partial charge in [-0.1, -0.05) is 58.0 Å². The number of nitrogens with zero attached hydrogens (tertiary/aromatic N) is 1. The fourth-order valence-electron chi connectivity index (χ4n) is 4.83. The first-order valence-corrected chi connectivity index (χ1v) is 14.4. The van der Waals surface area contributed by atoms with E-state index in [1.54, 1.807) is 6.92 Å². The number of Topliss-reactive ketones (excluding diaryl/α,β-unsaturated/α-hetero) is 1. The van der Waals surface area contributed by atoms with E-state index >= 15 is 0 Å². The van der Waals surface area contributed by atoms with Gasteiger partial charge in [-0.05, 0) is 37.2 Å². The zero-order valence-electron chi connectivity index (χ0n) is 24.5. The first kappa shape index (κ1) is 31.7. The summed E-state index contributed by atoms with van der Waals surface area (Å²) in [4.78, 5) is 55.1. The van der Waals surface area contributed by atoms with Gasteiger partial charge in [0.05, 0.1) is 32.4 Å². The summed E-state index contributed by atoms with van der Waals surface area (Å²) in [6.45, 7) is 12.6. The molecule has 0 saturated carbocycles. The van der Waals surface area contributed by atoms with Gasteiger partial charge in [-0.3, -0.25) is 24.1 Å². The smallest absolute Gasteiger partial charge is 0.243 e. The maximum atomic E-state index is 13.6. The van der Waals surface area contributed by atoms with Crippen molar-refractivity contribution in [1.82, 2.24) is 20.9 Å². The Balaban J connectivity index is 1.74. The van der Waals surface area contributed by atoms with Crippen molar-refractivity contribution in [3.8, 4) is 0 Å². The van der Waals surface area contributed by atoms with Crippen molar-refractivity contribution in [2.45, 2.75) is 77.6 Å². The van der Waals surface area contributed by atoms with Crippen molar-refractivity contribution in [3.05, 3.63) is 35.9 Å². The van der Waals surface area contributed by atoms with Crippen molar-refractivity contribution >= 4 is 23.5 Å². The van der Waals surface area contributed by atoms with Gasteiger partial charge >= 0.3 is 0 Å². The Morgan fingerprint density at radius 3 is 1.98 bits per heavy atom. The van der Waals surface area contributed by atoms with E-state index in [1.807, 2.05) is 62.9 Å². The summed E-state index contributed by atoms with van der Waals surface area (Å²) in [6.07, 6.45) is 1.12. The number of carbonyl (C=O) groups is 4. The molecule has 40 heavy (non-hydrogen) atoms. The predicted octanol–water partition coefficient (Wildman–Crippen LogP) is 1.47. The van der Waals surface area contributed by atoms with E-state index < -0.39 is 35.5 Å².